The fraction of sp³-hybridized carbons (Fsp3) is 0.429. The smallest absolute Gasteiger partial charge is 0.315 e. The lowest BCUT2D eigenvalue weighted by atomic mass is 9.99. The maximum atomic E-state index is 13.6. The van der Waals surface area contributed by atoms with Gasteiger partial charge in [0.15, 0.2) is 0 Å². The number of urea groups is 1. The van der Waals surface area contributed by atoms with Crippen molar-refractivity contribution in [1.82, 2.24) is 10.6 Å². The molecule has 1 rings (SSSR count). The van der Waals surface area contributed by atoms with Crippen LogP contribution in [0.2, 0.25) is 0 Å². The van der Waals surface area contributed by atoms with Gasteiger partial charge in [-0.1, -0.05) is 13.0 Å². The van der Waals surface area contributed by atoms with E-state index in [2.05, 4.69) is 10.6 Å². The van der Waals surface area contributed by atoms with Crippen molar-refractivity contribution in [3.05, 3.63) is 35.4 Å². The number of aliphatic hydroxyl groups is 1. The van der Waals surface area contributed by atoms with Gasteiger partial charge in [0.25, 0.3) is 0 Å². The second kappa shape index (κ2) is 8.28. The number of benzene rings is 1. The molecular weight excluding hydrogens is 298 g/mol. The van der Waals surface area contributed by atoms with Crippen molar-refractivity contribution >= 4 is 12.0 Å². The van der Waals surface area contributed by atoms with Gasteiger partial charge in [-0.25, -0.2) is 13.6 Å². The average molecular weight is 316 g/mol. The Labute approximate surface area is 126 Å². The lowest BCUT2D eigenvalue weighted by Crippen LogP contribution is -2.45. The molecule has 1 aromatic rings. The second-order valence-electron chi connectivity index (χ2n) is 4.64. The Morgan fingerprint density at radius 3 is 2.36 bits per heavy atom. The first-order valence-electron chi connectivity index (χ1n) is 6.75. The number of halogens is 2. The van der Waals surface area contributed by atoms with Gasteiger partial charge in [0, 0.05) is 6.54 Å². The highest BCUT2D eigenvalue weighted by Crippen LogP contribution is 2.24. The van der Waals surface area contributed by atoms with Crippen molar-refractivity contribution in [1.29, 1.82) is 0 Å². The van der Waals surface area contributed by atoms with Crippen LogP contribution in [0, 0.1) is 11.6 Å². The molecule has 2 amide bonds. The van der Waals surface area contributed by atoms with Gasteiger partial charge in [0.05, 0.1) is 18.0 Å². The molecule has 0 saturated carbocycles. The van der Waals surface area contributed by atoms with Crippen LogP contribution in [-0.2, 0) is 4.79 Å². The normalized spacial score (nSPS) is 13.3. The summed E-state index contributed by atoms with van der Waals surface area (Å²) in [5.74, 6) is -2.88. The average Bonchev–Trinajstić information content (AvgIpc) is 2.44. The summed E-state index contributed by atoms with van der Waals surface area (Å²) in [6.07, 6.45) is -1.59. The Kier molecular flexibility index (Phi) is 6.71. The number of rotatable bonds is 7. The predicted molar refractivity (Wildman–Crippen MR) is 74.2 cm³/mol. The van der Waals surface area contributed by atoms with Gasteiger partial charge < -0.3 is 20.8 Å². The monoisotopic (exact) mass is 316 g/mol. The maximum absolute atomic E-state index is 13.6. The summed E-state index contributed by atoms with van der Waals surface area (Å²) in [7, 11) is 0. The molecule has 0 bridgehead atoms. The summed E-state index contributed by atoms with van der Waals surface area (Å²) in [5.41, 5.74) is -0.514. The Morgan fingerprint density at radius 2 is 1.86 bits per heavy atom. The van der Waals surface area contributed by atoms with Gasteiger partial charge in [-0.2, -0.15) is 0 Å². The lowest BCUT2D eigenvalue weighted by Gasteiger charge is -2.24. The van der Waals surface area contributed by atoms with Gasteiger partial charge in [0.1, 0.15) is 17.7 Å². The van der Waals surface area contributed by atoms with Crippen molar-refractivity contribution in [2.24, 2.45) is 0 Å². The van der Waals surface area contributed by atoms with Crippen LogP contribution in [0.25, 0.3) is 0 Å². The van der Waals surface area contributed by atoms with E-state index < -0.39 is 41.3 Å². The van der Waals surface area contributed by atoms with E-state index in [9.17, 15) is 23.5 Å². The molecule has 2 unspecified atom stereocenters. The molecule has 0 aromatic heterocycles. The molecule has 0 saturated heterocycles. The van der Waals surface area contributed by atoms with E-state index in [0.717, 1.165) is 12.1 Å². The second-order valence-corrected chi connectivity index (χ2v) is 4.64. The Bertz CT molecular complexity index is 519. The summed E-state index contributed by atoms with van der Waals surface area (Å²) in [5, 5.41) is 23.2. The van der Waals surface area contributed by atoms with E-state index in [0.29, 0.717) is 0 Å². The van der Waals surface area contributed by atoms with E-state index >= 15 is 0 Å². The number of hydrogen-bond donors (Lipinski definition) is 4. The Morgan fingerprint density at radius 1 is 1.27 bits per heavy atom. The highest BCUT2D eigenvalue weighted by molar-refractivity contribution is 5.75. The van der Waals surface area contributed by atoms with Gasteiger partial charge in [-0.15, -0.1) is 0 Å². The van der Waals surface area contributed by atoms with Gasteiger partial charge in [0.2, 0.25) is 0 Å². The molecule has 8 heteroatoms. The van der Waals surface area contributed by atoms with Crippen molar-refractivity contribution in [3.8, 4) is 0 Å². The zero-order valence-electron chi connectivity index (χ0n) is 12.0. The summed E-state index contributed by atoms with van der Waals surface area (Å²) in [6.45, 7) is 1.53. The van der Waals surface area contributed by atoms with E-state index in [-0.39, 0.29) is 19.4 Å². The molecule has 2 atom stereocenters. The maximum Gasteiger partial charge on any atom is 0.315 e. The summed E-state index contributed by atoms with van der Waals surface area (Å²) in [4.78, 5) is 21.9. The highest BCUT2D eigenvalue weighted by Gasteiger charge is 2.26. The summed E-state index contributed by atoms with van der Waals surface area (Å²) in [6, 6.07) is 1.57. The molecule has 0 aliphatic heterocycles. The third kappa shape index (κ3) is 4.96. The number of hydrogen-bond acceptors (Lipinski definition) is 3. The molecule has 122 valence electrons. The van der Waals surface area contributed by atoms with Crippen molar-refractivity contribution in [2.45, 2.75) is 31.9 Å². The van der Waals surface area contributed by atoms with Gasteiger partial charge in [-0.05, 0) is 18.6 Å². The van der Waals surface area contributed by atoms with E-state index in [1.54, 1.807) is 6.92 Å². The third-order valence-corrected chi connectivity index (χ3v) is 3.06. The zero-order chi connectivity index (χ0) is 16.7. The number of amides is 2. The zero-order valence-corrected chi connectivity index (χ0v) is 12.0. The summed E-state index contributed by atoms with van der Waals surface area (Å²) < 4.78 is 27.3. The topological polar surface area (TPSA) is 98.7 Å². The molecule has 0 heterocycles. The molecule has 0 aliphatic rings. The van der Waals surface area contributed by atoms with E-state index in [1.165, 1.54) is 6.07 Å². The highest BCUT2D eigenvalue weighted by atomic mass is 19.1. The quantitative estimate of drug-likeness (QED) is 0.613. The molecular formula is C14H18F2N2O4. The fourth-order valence-corrected chi connectivity index (χ4v) is 1.90. The van der Waals surface area contributed by atoms with Crippen LogP contribution in [0.15, 0.2) is 18.2 Å². The minimum atomic E-state index is -1.56. The summed E-state index contributed by atoms with van der Waals surface area (Å²) >= 11 is 0. The first-order chi connectivity index (χ1) is 10.4. The van der Waals surface area contributed by atoms with Gasteiger partial charge in [-0.3, -0.25) is 4.79 Å². The number of aliphatic hydroxyl groups excluding tert-OH is 1. The van der Waals surface area contributed by atoms with Crippen LogP contribution in [0.1, 0.15) is 31.4 Å². The molecule has 0 spiro atoms. The number of aliphatic carboxylic acids is 1. The van der Waals surface area contributed by atoms with Crippen molar-refractivity contribution < 1.29 is 28.6 Å². The molecule has 0 aliphatic carbocycles. The van der Waals surface area contributed by atoms with Gasteiger partial charge >= 0.3 is 12.0 Å². The molecule has 1 aromatic carbocycles. The van der Waals surface area contributed by atoms with Crippen LogP contribution >= 0.6 is 0 Å². The van der Waals surface area contributed by atoms with Crippen molar-refractivity contribution in [2.75, 3.05) is 6.54 Å². The molecule has 6 nitrogen and oxygen atoms in total. The van der Waals surface area contributed by atoms with Crippen LogP contribution in [0.3, 0.4) is 0 Å². The predicted octanol–water partition coefficient (Wildman–Crippen LogP) is 1.55. The first-order valence-corrected chi connectivity index (χ1v) is 6.75. The van der Waals surface area contributed by atoms with Crippen LogP contribution in [0.5, 0.6) is 0 Å². The molecule has 0 fully saturated rings. The Balaban J connectivity index is 2.70. The molecule has 4 N–H and O–H groups in total. The lowest BCUT2D eigenvalue weighted by molar-refractivity contribution is -0.136. The van der Waals surface area contributed by atoms with Crippen LogP contribution in [-0.4, -0.2) is 34.8 Å². The minimum Gasteiger partial charge on any atom is -0.481 e. The third-order valence-electron chi connectivity index (χ3n) is 3.06. The van der Waals surface area contributed by atoms with Crippen LogP contribution < -0.4 is 10.6 Å². The van der Waals surface area contributed by atoms with Crippen LogP contribution in [0.4, 0.5) is 13.6 Å². The van der Waals surface area contributed by atoms with Crippen molar-refractivity contribution in [3.63, 3.8) is 0 Å². The Hall–Kier alpha value is -2.22. The largest absolute Gasteiger partial charge is 0.481 e. The number of carbonyl (C=O) groups excluding carboxylic acids is 1. The fourth-order valence-electron chi connectivity index (χ4n) is 1.90. The number of carbonyl (C=O) groups is 2. The minimum absolute atomic E-state index is 0.0955. The number of carboxylic acid groups (broad SMARTS) is 1. The van der Waals surface area contributed by atoms with E-state index in [1.807, 2.05) is 0 Å². The standard InChI is InChI=1S/C14H18F2N2O4/c1-2-10(18-14(22)17-7-6-11(19)20)13(21)12-8(15)4-3-5-9(12)16/h3-5,10,13,21H,2,6-7H2,1H3,(H,19,20)(H2,17,18,22). The molecule has 22 heavy (non-hydrogen) atoms. The molecule has 0 radical (unpaired) electrons. The SMILES string of the molecule is CCC(NC(=O)NCCC(=O)O)C(O)c1c(F)cccc1F. The van der Waals surface area contributed by atoms with E-state index in [4.69, 9.17) is 5.11 Å². The first kappa shape index (κ1) is 17.8. The number of carboxylic acids is 1. The number of nitrogens with one attached hydrogen (secondary N) is 2.